The SMILES string of the molecule is CCS(=O)(=O)c1nnc(NC(=O)/C(C#N)=C\c2ccc(OCCOc3ccc(C)cc3)cc2)s1. The summed E-state index contributed by atoms with van der Waals surface area (Å²) in [5.41, 5.74) is 1.60. The summed E-state index contributed by atoms with van der Waals surface area (Å²) in [6.07, 6.45) is 1.41. The Kier molecular flexibility index (Phi) is 8.34. The number of aromatic nitrogens is 2. The first-order valence-electron chi connectivity index (χ1n) is 10.2. The van der Waals surface area contributed by atoms with E-state index in [1.165, 1.54) is 13.0 Å². The van der Waals surface area contributed by atoms with Gasteiger partial charge in [0.2, 0.25) is 19.3 Å². The average Bonchev–Trinajstić information content (AvgIpc) is 3.31. The molecule has 0 radical (unpaired) electrons. The fourth-order valence-electron chi connectivity index (χ4n) is 2.60. The number of carbonyl (C=O) groups excluding carboxylic acids is 1. The number of hydrogen-bond acceptors (Lipinski definition) is 9. The molecule has 1 amide bonds. The van der Waals surface area contributed by atoms with Gasteiger partial charge in [-0.25, -0.2) is 8.42 Å². The van der Waals surface area contributed by atoms with Gasteiger partial charge in [0.1, 0.15) is 36.4 Å². The molecule has 0 atom stereocenters. The highest BCUT2D eigenvalue weighted by molar-refractivity contribution is 7.93. The van der Waals surface area contributed by atoms with Crippen molar-refractivity contribution in [2.75, 3.05) is 24.3 Å². The van der Waals surface area contributed by atoms with Crippen LogP contribution in [0.5, 0.6) is 11.5 Å². The fraction of sp³-hybridized carbons (Fsp3) is 0.217. The molecule has 0 spiro atoms. The molecule has 0 unspecified atom stereocenters. The molecule has 0 aliphatic carbocycles. The molecule has 2 aromatic carbocycles. The van der Waals surface area contributed by atoms with Crippen LogP contribution in [0.3, 0.4) is 0 Å². The van der Waals surface area contributed by atoms with Gasteiger partial charge in [0.25, 0.3) is 5.91 Å². The van der Waals surface area contributed by atoms with Gasteiger partial charge in [-0.15, -0.1) is 10.2 Å². The summed E-state index contributed by atoms with van der Waals surface area (Å²) in [5, 5.41) is 19.0. The normalized spacial score (nSPS) is 11.5. The maximum Gasteiger partial charge on any atom is 0.268 e. The van der Waals surface area contributed by atoms with Crippen molar-refractivity contribution in [3.63, 3.8) is 0 Å². The van der Waals surface area contributed by atoms with Crippen molar-refractivity contribution in [1.29, 1.82) is 5.26 Å². The molecular weight excluding hydrogens is 476 g/mol. The van der Waals surface area contributed by atoms with Gasteiger partial charge in [-0.05, 0) is 42.8 Å². The van der Waals surface area contributed by atoms with Crippen LogP contribution in [0.4, 0.5) is 5.13 Å². The van der Waals surface area contributed by atoms with Crippen molar-refractivity contribution in [3.8, 4) is 17.6 Å². The minimum absolute atomic E-state index is 0.00483. The molecule has 1 N–H and O–H groups in total. The van der Waals surface area contributed by atoms with E-state index >= 15 is 0 Å². The first-order valence-corrected chi connectivity index (χ1v) is 12.7. The highest BCUT2D eigenvalue weighted by Gasteiger charge is 2.19. The smallest absolute Gasteiger partial charge is 0.268 e. The number of nitrogens with zero attached hydrogens (tertiary/aromatic N) is 3. The molecule has 0 aliphatic rings. The van der Waals surface area contributed by atoms with Crippen LogP contribution >= 0.6 is 11.3 Å². The van der Waals surface area contributed by atoms with Crippen LogP contribution in [0, 0.1) is 18.3 Å². The number of nitrogens with one attached hydrogen (secondary N) is 1. The summed E-state index contributed by atoms with van der Waals surface area (Å²) in [7, 11) is -3.52. The third kappa shape index (κ3) is 6.87. The second-order valence-electron chi connectivity index (χ2n) is 6.98. The molecule has 9 nitrogen and oxygen atoms in total. The fourth-order valence-corrected chi connectivity index (χ4v) is 4.59. The third-order valence-electron chi connectivity index (χ3n) is 4.47. The van der Waals surface area contributed by atoms with Gasteiger partial charge in [0.05, 0.1) is 5.75 Å². The monoisotopic (exact) mass is 498 g/mol. The van der Waals surface area contributed by atoms with E-state index in [9.17, 15) is 18.5 Å². The predicted molar refractivity (Wildman–Crippen MR) is 128 cm³/mol. The standard InChI is InChI=1S/C23H22N4O5S2/c1-3-34(29,30)23-27-26-22(33-23)25-21(28)18(15-24)14-17-6-10-20(11-7-17)32-13-12-31-19-8-4-16(2)5-9-19/h4-11,14H,3,12-13H2,1-2H3,(H,25,26,28)/b18-14-. The number of rotatable bonds is 10. The maximum absolute atomic E-state index is 12.4. The zero-order chi connectivity index (χ0) is 24.6. The van der Waals surface area contributed by atoms with Gasteiger partial charge in [-0.2, -0.15) is 5.26 Å². The molecule has 0 saturated carbocycles. The van der Waals surface area contributed by atoms with Gasteiger partial charge < -0.3 is 9.47 Å². The Balaban J connectivity index is 1.54. The van der Waals surface area contributed by atoms with Crippen molar-refractivity contribution in [2.45, 2.75) is 18.2 Å². The molecule has 1 heterocycles. The third-order valence-corrected chi connectivity index (χ3v) is 7.49. The first-order chi connectivity index (χ1) is 16.3. The Morgan fingerprint density at radius 3 is 2.21 bits per heavy atom. The van der Waals surface area contributed by atoms with E-state index in [4.69, 9.17) is 9.47 Å². The largest absolute Gasteiger partial charge is 0.490 e. The van der Waals surface area contributed by atoms with Crippen molar-refractivity contribution >= 4 is 38.3 Å². The van der Waals surface area contributed by atoms with E-state index in [0.29, 0.717) is 24.5 Å². The molecular formula is C23H22N4O5S2. The summed E-state index contributed by atoms with van der Waals surface area (Å²) in [4.78, 5) is 12.4. The lowest BCUT2D eigenvalue weighted by atomic mass is 10.1. The molecule has 0 bridgehead atoms. The number of benzene rings is 2. The summed E-state index contributed by atoms with van der Waals surface area (Å²) in [6.45, 7) is 4.23. The minimum Gasteiger partial charge on any atom is -0.490 e. The van der Waals surface area contributed by atoms with Crippen LogP contribution in [0.25, 0.3) is 6.08 Å². The van der Waals surface area contributed by atoms with Gasteiger partial charge in [-0.3, -0.25) is 10.1 Å². The van der Waals surface area contributed by atoms with Crippen LogP contribution < -0.4 is 14.8 Å². The number of hydrogen-bond donors (Lipinski definition) is 1. The lowest BCUT2D eigenvalue weighted by Gasteiger charge is -2.09. The molecule has 11 heteroatoms. The number of carbonyl (C=O) groups is 1. The maximum atomic E-state index is 12.4. The highest BCUT2D eigenvalue weighted by Crippen LogP contribution is 2.22. The van der Waals surface area contributed by atoms with Crippen LogP contribution in [0.1, 0.15) is 18.1 Å². The summed E-state index contributed by atoms with van der Waals surface area (Å²) in [5.74, 6) is 0.547. The Morgan fingerprint density at radius 2 is 1.65 bits per heavy atom. The number of aryl methyl sites for hydroxylation is 1. The predicted octanol–water partition coefficient (Wildman–Crippen LogP) is 3.64. The van der Waals surface area contributed by atoms with Crippen molar-refractivity contribution in [2.24, 2.45) is 0 Å². The number of nitriles is 1. The average molecular weight is 499 g/mol. The molecule has 34 heavy (non-hydrogen) atoms. The number of ether oxygens (including phenoxy) is 2. The van der Waals surface area contributed by atoms with Crippen LogP contribution in [-0.4, -0.2) is 43.5 Å². The second-order valence-corrected chi connectivity index (χ2v) is 10.4. The van der Waals surface area contributed by atoms with Crippen molar-refractivity contribution in [1.82, 2.24) is 10.2 Å². The quantitative estimate of drug-likeness (QED) is 0.194. The van der Waals surface area contributed by atoms with Gasteiger partial charge >= 0.3 is 0 Å². The molecule has 1 aromatic heterocycles. The number of sulfone groups is 1. The molecule has 0 aliphatic heterocycles. The molecule has 3 aromatic rings. The topological polar surface area (TPSA) is 131 Å². The number of anilines is 1. The summed E-state index contributed by atoms with van der Waals surface area (Å²) >= 11 is 0.732. The van der Waals surface area contributed by atoms with E-state index < -0.39 is 15.7 Å². The molecule has 0 fully saturated rings. The zero-order valence-electron chi connectivity index (χ0n) is 18.5. The summed E-state index contributed by atoms with van der Waals surface area (Å²) in [6, 6.07) is 16.4. The Hall–Kier alpha value is -3.75. The Morgan fingerprint density at radius 1 is 1.06 bits per heavy atom. The zero-order valence-corrected chi connectivity index (χ0v) is 20.1. The van der Waals surface area contributed by atoms with Crippen LogP contribution in [-0.2, 0) is 14.6 Å². The van der Waals surface area contributed by atoms with Crippen LogP contribution in [0.15, 0.2) is 58.4 Å². The second kappa shape index (κ2) is 11.4. The van der Waals surface area contributed by atoms with E-state index in [1.54, 1.807) is 24.3 Å². The van der Waals surface area contributed by atoms with Crippen LogP contribution in [0.2, 0.25) is 0 Å². The molecule has 3 rings (SSSR count). The minimum atomic E-state index is -3.52. The van der Waals surface area contributed by atoms with Crippen molar-refractivity contribution < 1.29 is 22.7 Å². The van der Waals surface area contributed by atoms with E-state index in [2.05, 4.69) is 15.5 Å². The molecule has 0 saturated heterocycles. The van der Waals surface area contributed by atoms with E-state index in [-0.39, 0.29) is 20.8 Å². The van der Waals surface area contributed by atoms with E-state index in [0.717, 1.165) is 22.6 Å². The number of amides is 1. The Bertz CT molecular complexity index is 1310. The van der Waals surface area contributed by atoms with Gasteiger partial charge in [-0.1, -0.05) is 48.1 Å². The van der Waals surface area contributed by atoms with E-state index in [1.807, 2.05) is 37.3 Å². The van der Waals surface area contributed by atoms with Gasteiger partial charge in [0.15, 0.2) is 0 Å². The highest BCUT2D eigenvalue weighted by atomic mass is 32.2. The van der Waals surface area contributed by atoms with Gasteiger partial charge in [0, 0.05) is 0 Å². The lowest BCUT2D eigenvalue weighted by molar-refractivity contribution is -0.112. The summed E-state index contributed by atoms with van der Waals surface area (Å²) < 4.78 is 34.7. The Labute approximate surface area is 201 Å². The molecule has 176 valence electrons. The lowest BCUT2D eigenvalue weighted by Crippen LogP contribution is -2.13. The van der Waals surface area contributed by atoms with Crippen molar-refractivity contribution in [3.05, 3.63) is 65.2 Å². The first kappa shape index (κ1) is 24.9.